The average molecular weight is 445 g/mol. The van der Waals surface area contributed by atoms with E-state index in [1.165, 1.54) is 30.3 Å². The molecule has 0 aliphatic rings. The summed E-state index contributed by atoms with van der Waals surface area (Å²) in [7, 11) is -8.11. The van der Waals surface area contributed by atoms with Gasteiger partial charge in [0, 0.05) is 0 Å². The number of hydrogen-bond acceptors (Lipinski definition) is 5. The number of aromatic hydroxyl groups is 1. The predicted molar refractivity (Wildman–Crippen MR) is 115 cm³/mol. The van der Waals surface area contributed by atoms with E-state index in [9.17, 15) is 21.9 Å². The lowest BCUT2D eigenvalue weighted by molar-refractivity contribution is 0.456. The zero-order valence-corrected chi connectivity index (χ0v) is 18.9. The number of aryl methyl sites for hydroxylation is 2. The minimum Gasteiger partial charge on any atom is -0.507 e. The minimum absolute atomic E-state index is 0.0145. The van der Waals surface area contributed by atoms with Gasteiger partial charge in [-0.1, -0.05) is 49.2 Å². The minimum atomic E-state index is -4.11. The van der Waals surface area contributed by atoms with Crippen molar-refractivity contribution in [2.75, 3.05) is 0 Å². The van der Waals surface area contributed by atoms with E-state index in [1.807, 2.05) is 13.8 Å². The van der Waals surface area contributed by atoms with E-state index in [0.717, 1.165) is 17.2 Å². The van der Waals surface area contributed by atoms with Gasteiger partial charge in [0.2, 0.25) is 19.7 Å². The predicted octanol–water partition coefficient (Wildman–Crippen LogP) is 4.80. The molecule has 0 unspecified atom stereocenters. The van der Waals surface area contributed by atoms with E-state index in [2.05, 4.69) is 0 Å². The van der Waals surface area contributed by atoms with E-state index in [1.54, 1.807) is 38.1 Å². The van der Waals surface area contributed by atoms with Gasteiger partial charge < -0.3 is 5.11 Å². The monoisotopic (exact) mass is 444 g/mol. The van der Waals surface area contributed by atoms with Crippen LogP contribution in [0.4, 0.5) is 0 Å². The summed E-state index contributed by atoms with van der Waals surface area (Å²) in [5.74, 6) is -0.718. The van der Waals surface area contributed by atoms with Crippen LogP contribution in [0.5, 0.6) is 5.75 Å². The maximum atomic E-state index is 13.4. The molecule has 3 rings (SSSR count). The maximum Gasteiger partial charge on any atom is 0.210 e. The Labute approximate surface area is 177 Å². The van der Waals surface area contributed by atoms with Crippen molar-refractivity contribution in [2.45, 2.75) is 53.2 Å². The van der Waals surface area contributed by atoms with E-state index in [0.29, 0.717) is 5.56 Å². The highest BCUT2D eigenvalue weighted by Gasteiger charge is 2.29. The van der Waals surface area contributed by atoms with E-state index >= 15 is 0 Å². The maximum absolute atomic E-state index is 13.4. The molecular weight excluding hydrogens is 420 g/mol. The second-order valence-corrected chi connectivity index (χ2v) is 11.5. The molecule has 0 saturated carbocycles. The third kappa shape index (κ3) is 4.00. The molecule has 0 aliphatic carbocycles. The van der Waals surface area contributed by atoms with Crippen molar-refractivity contribution in [1.82, 2.24) is 0 Å². The molecule has 3 aromatic rings. The molecule has 0 fully saturated rings. The standard InChI is InChI=1S/C23H24O5S2/c1-15(2)20-13-21(24)23(30(27,28)19-11-7-17(4)8-12-19)14-22(20)29(25,26)18-9-5-16(3)6-10-18/h5-15,24H,1-4H3. The van der Waals surface area contributed by atoms with Crippen LogP contribution in [-0.2, 0) is 19.7 Å². The van der Waals surface area contributed by atoms with Gasteiger partial charge in [0.25, 0.3) is 0 Å². The quantitative estimate of drug-likeness (QED) is 0.611. The third-order valence-electron chi connectivity index (χ3n) is 4.95. The zero-order chi connectivity index (χ0) is 22.3. The Hall–Kier alpha value is -2.64. The van der Waals surface area contributed by atoms with Crippen molar-refractivity contribution in [3.63, 3.8) is 0 Å². The molecule has 0 saturated heterocycles. The summed E-state index contributed by atoms with van der Waals surface area (Å²) in [6.07, 6.45) is 0. The van der Waals surface area contributed by atoms with Gasteiger partial charge in [0.15, 0.2) is 0 Å². The topological polar surface area (TPSA) is 88.5 Å². The fraction of sp³-hybridized carbons (Fsp3) is 0.217. The Balaban J connectivity index is 2.28. The summed E-state index contributed by atoms with van der Waals surface area (Å²) in [4.78, 5) is -0.495. The molecule has 0 radical (unpaired) electrons. The molecule has 0 bridgehead atoms. The summed E-state index contributed by atoms with van der Waals surface area (Å²) < 4.78 is 53.0. The van der Waals surface area contributed by atoms with Crippen LogP contribution >= 0.6 is 0 Å². The molecular formula is C23H24O5S2. The van der Waals surface area contributed by atoms with E-state index in [-0.39, 0.29) is 20.6 Å². The number of phenolic OH excluding ortho intramolecular Hbond substituents is 1. The van der Waals surface area contributed by atoms with Crippen molar-refractivity contribution < 1.29 is 21.9 Å². The SMILES string of the molecule is Cc1ccc(S(=O)(=O)c2cc(S(=O)(=O)c3ccc(C)cc3)c(C(C)C)cc2O)cc1. The first-order valence-corrected chi connectivity index (χ1v) is 12.4. The second-order valence-electron chi connectivity index (χ2n) is 7.65. The first-order valence-electron chi connectivity index (χ1n) is 9.45. The third-order valence-corrected chi connectivity index (χ3v) is 8.58. The second kappa shape index (κ2) is 7.89. The number of hydrogen-bond donors (Lipinski definition) is 1. The number of phenols is 1. The van der Waals surface area contributed by atoms with Crippen molar-refractivity contribution in [3.05, 3.63) is 77.4 Å². The van der Waals surface area contributed by atoms with Crippen molar-refractivity contribution in [1.29, 1.82) is 0 Å². The fourth-order valence-electron chi connectivity index (χ4n) is 3.15. The molecule has 158 valence electrons. The van der Waals surface area contributed by atoms with Gasteiger partial charge in [-0.3, -0.25) is 0 Å². The van der Waals surface area contributed by atoms with Crippen LogP contribution in [0.2, 0.25) is 0 Å². The molecule has 0 aliphatic heterocycles. The van der Waals surface area contributed by atoms with E-state index < -0.39 is 30.3 Å². The average Bonchev–Trinajstić information content (AvgIpc) is 2.68. The van der Waals surface area contributed by atoms with Crippen LogP contribution in [0, 0.1) is 13.8 Å². The first-order chi connectivity index (χ1) is 13.9. The molecule has 3 aromatic carbocycles. The highest BCUT2D eigenvalue weighted by molar-refractivity contribution is 7.92. The van der Waals surface area contributed by atoms with Gasteiger partial charge >= 0.3 is 0 Å². The summed E-state index contributed by atoms with van der Waals surface area (Å²) in [6.45, 7) is 7.26. The van der Waals surface area contributed by atoms with Crippen LogP contribution in [-0.4, -0.2) is 21.9 Å². The Morgan fingerprint density at radius 2 is 1.07 bits per heavy atom. The molecule has 30 heavy (non-hydrogen) atoms. The van der Waals surface area contributed by atoms with Crippen LogP contribution in [0.1, 0.15) is 36.5 Å². The number of benzene rings is 3. The highest BCUT2D eigenvalue weighted by atomic mass is 32.2. The Bertz CT molecular complexity index is 1290. The van der Waals surface area contributed by atoms with E-state index in [4.69, 9.17) is 0 Å². The van der Waals surface area contributed by atoms with Gasteiger partial charge in [-0.15, -0.1) is 0 Å². The van der Waals surface area contributed by atoms with Crippen LogP contribution < -0.4 is 0 Å². The van der Waals surface area contributed by atoms with Crippen LogP contribution in [0.3, 0.4) is 0 Å². The lowest BCUT2D eigenvalue weighted by Crippen LogP contribution is -2.10. The lowest BCUT2D eigenvalue weighted by atomic mass is 10.0. The summed E-state index contributed by atoms with van der Waals surface area (Å²) in [6, 6.07) is 14.9. The van der Waals surface area contributed by atoms with Crippen LogP contribution in [0.15, 0.2) is 80.2 Å². The Morgan fingerprint density at radius 1 is 0.667 bits per heavy atom. The first kappa shape index (κ1) is 22.1. The summed E-state index contributed by atoms with van der Waals surface area (Å²) in [5.41, 5.74) is 2.15. The zero-order valence-electron chi connectivity index (χ0n) is 17.2. The van der Waals surface area contributed by atoms with Gasteiger partial charge in [-0.05, 0) is 61.7 Å². The Kier molecular flexibility index (Phi) is 5.80. The van der Waals surface area contributed by atoms with Gasteiger partial charge in [-0.2, -0.15) is 0 Å². The lowest BCUT2D eigenvalue weighted by Gasteiger charge is -2.17. The number of sulfone groups is 2. The van der Waals surface area contributed by atoms with Crippen LogP contribution in [0.25, 0.3) is 0 Å². The van der Waals surface area contributed by atoms with Gasteiger partial charge in [0.05, 0.1) is 14.7 Å². The molecule has 7 heteroatoms. The Morgan fingerprint density at radius 3 is 1.47 bits per heavy atom. The molecule has 1 N–H and O–H groups in total. The van der Waals surface area contributed by atoms with Crippen molar-refractivity contribution >= 4 is 19.7 Å². The highest BCUT2D eigenvalue weighted by Crippen LogP contribution is 2.38. The van der Waals surface area contributed by atoms with Gasteiger partial charge in [-0.25, -0.2) is 16.8 Å². The molecule has 0 atom stereocenters. The molecule has 0 spiro atoms. The van der Waals surface area contributed by atoms with Crippen molar-refractivity contribution in [3.8, 4) is 5.75 Å². The summed E-state index contributed by atoms with van der Waals surface area (Å²) >= 11 is 0. The van der Waals surface area contributed by atoms with Gasteiger partial charge in [0.1, 0.15) is 10.6 Å². The summed E-state index contributed by atoms with van der Waals surface area (Å²) in [5, 5.41) is 10.5. The number of rotatable bonds is 5. The molecule has 0 aromatic heterocycles. The molecule has 0 heterocycles. The normalized spacial score (nSPS) is 12.3. The van der Waals surface area contributed by atoms with Crippen molar-refractivity contribution in [2.24, 2.45) is 0 Å². The smallest absolute Gasteiger partial charge is 0.210 e. The fourth-order valence-corrected chi connectivity index (χ4v) is 6.21. The molecule has 5 nitrogen and oxygen atoms in total. The molecule has 0 amide bonds. The largest absolute Gasteiger partial charge is 0.507 e.